The zero-order valence-corrected chi connectivity index (χ0v) is 9.27. The number of carbonyl (C=O) groups is 1. The highest BCUT2D eigenvalue weighted by Crippen LogP contribution is 2.20. The average Bonchev–Trinajstić information content (AvgIpc) is 2.61. The zero-order chi connectivity index (χ0) is 11.7. The topological polar surface area (TPSA) is 55.1 Å². The molecule has 0 aliphatic heterocycles. The largest absolute Gasteiger partial charge is 0.478 e. The minimum Gasteiger partial charge on any atom is -0.478 e. The lowest BCUT2D eigenvalue weighted by molar-refractivity contribution is 0.0697. The lowest BCUT2D eigenvalue weighted by atomic mass is 10.2. The molecule has 0 spiro atoms. The first-order valence-corrected chi connectivity index (χ1v) is 5.01. The van der Waals surface area contributed by atoms with E-state index in [1.807, 2.05) is 31.2 Å². The first kappa shape index (κ1) is 10.7. The number of aryl methyl sites for hydroxylation is 1. The Morgan fingerprint density at radius 1 is 1.38 bits per heavy atom. The maximum absolute atomic E-state index is 10.8. The maximum atomic E-state index is 10.8. The fourth-order valence-corrected chi connectivity index (χ4v) is 1.61. The van der Waals surface area contributed by atoms with Crippen LogP contribution in [0.5, 0.6) is 0 Å². The third-order valence-corrected chi connectivity index (χ3v) is 2.58. The van der Waals surface area contributed by atoms with Gasteiger partial charge in [-0.2, -0.15) is 5.10 Å². The summed E-state index contributed by atoms with van der Waals surface area (Å²) in [6.07, 6.45) is 1.24. The van der Waals surface area contributed by atoms with Crippen molar-refractivity contribution in [1.82, 2.24) is 9.78 Å². The third kappa shape index (κ3) is 1.79. The van der Waals surface area contributed by atoms with Crippen LogP contribution in [-0.2, 0) is 0 Å². The van der Waals surface area contributed by atoms with Gasteiger partial charge in [-0.05, 0) is 19.1 Å². The number of nitrogens with zero attached hydrogens (tertiary/aromatic N) is 2. The van der Waals surface area contributed by atoms with Gasteiger partial charge >= 0.3 is 5.97 Å². The van der Waals surface area contributed by atoms with Gasteiger partial charge < -0.3 is 5.11 Å². The predicted octanol–water partition coefficient (Wildman–Crippen LogP) is 2.53. The molecule has 1 aromatic heterocycles. The molecule has 1 N–H and O–H groups in total. The number of aromatic carboxylic acids is 1. The Kier molecular flexibility index (Phi) is 2.66. The van der Waals surface area contributed by atoms with Crippen LogP contribution in [-0.4, -0.2) is 20.9 Å². The van der Waals surface area contributed by atoms with Crippen LogP contribution >= 0.6 is 11.6 Å². The van der Waals surface area contributed by atoms with E-state index in [2.05, 4.69) is 5.10 Å². The second-order valence-corrected chi connectivity index (χ2v) is 3.76. The summed E-state index contributed by atoms with van der Waals surface area (Å²) in [4.78, 5) is 10.8. The van der Waals surface area contributed by atoms with E-state index in [1.165, 1.54) is 10.9 Å². The summed E-state index contributed by atoms with van der Waals surface area (Å²) in [7, 11) is 0. The van der Waals surface area contributed by atoms with Crippen LogP contribution in [0.1, 0.15) is 15.9 Å². The molecule has 0 bridgehead atoms. The normalized spacial score (nSPS) is 10.4. The molecular formula is C11H9ClN2O2. The van der Waals surface area contributed by atoms with Crippen LogP contribution in [0.2, 0.25) is 5.15 Å². The highest BCUT2D eigenvalue weighted by Gasteiger charge is 2.15. The Morgan fingerprint density at radius 2 is 2.00 bits per heavy atom. The summed E-state index contributed by atoms with van der Waals surface area (Å²) in [6, 6.07) is 7.49. The molecular weight excluding hydrogens is 228 g/mol. The van der Waals surface area contributed by atoms with Gasteiger partial charge in [0.25, 0.3) is 0 Å². The van der Waals surface area contributed by atoms with Gasteiger partial charge in [-0.1, -0.05) is 29.3 Å². The van der Waals surface area contributed by atoms with Gasteiger partial charge in [-0.15, -0.1) is 0 Å². The molecule has 2 aromatic rings. The Balaban J connectivity index is 2.49. The molecule has 0 unspecified atom stereocenters. The lowest BCUT2D eigenvalue weighted by Crippen LogP contribution is -1.99. The predicted molar refractivity (Wildman–Crippen MR) is 60.3 cm³/mol. The highest BCUT2D eigenvalue weighted by atomic mass is 35.5. The molecule has 0 aliphatic carbocycles. The van der Waals surface area contributed by atoms with Crippen molar-refractivity contribution in [2.45, 2.75) is 6.92 Å². The molecule has 0 saturated carbocycles. The van der Waals surface area contributed by atoms with Gasteiger partial charge in [-0.3, -0.25) is 0 Å². The number of hydrogen-bond donors (Lipinski definition) is 1. The summed E-state index contributed by atoms with van der Waals surface area (Å²) >= 11 is 5.91. The summed E-state index contributed by atoms with van der Waals surface area (Å²) in [5.41, 5.74) is 1.86. The van der Waals surface area contributed by atoms with Crippen molar-refractivity contribution in [3.05, 3.63) is 46.7 Å². The Hall–Kier alpha value is -1.81. The third-order valence-electron chi connectivity index (χ3n) is 2.22. The van der Waals surface area contributed by atoms with Crippen molar-refractivity contribution >= 4 is 17.6 Å². The van der Waals surface area contributed by atoms with Crippen molar-refractivity contribution in [3.63, 3.8) is 0 Å². The van der Waals surface area contributed by atoms with E-state index in [1.54, 1.807) is 0 Å². The van der Waals surface area contributed by atoms with E-state index in [0.717, 1.165) is 11.3 Å². The van der Waals surface area contributed by atoms with Crippen LogP contribution in [0.4, 0.5) is 0 Å². The van der Waals surface area contributed by atoms with Crippen molar-refractivity contribution in [2.24, 2.45) is 0 Å². The van der Waals surface area contributed by atoms with Crippen molar-refractivity contribution < 1.29 is 9.90 Å². The van der Waals surface area contributed by atoms with Crippen LogP contribution in [0.3, 0.4) is 0 Å². The SMILES string of the molecule is Cc1ccc(-n2ncc(C(=O)O)c2Cl)cc1. The number of carboxylic acids is 1. The van der Waals surface area contributed by atoms with E-state index >= 15 is 0 Å². The highest BCUT2D eigenvalue weighted by molar-refractivity contribution is 6.32. The zero-order valence-electron chi connectivity index (χ0n) is 8.51. The fourth-order valence-electron chi connectivity index (χ4n) is 1.34. The first-order chi connectivity index (χ1) is 7.59. The summed E-state index contributed by atoms with van der Waals surface area (Å²) in [5.74, 6) is -1.08. The number of aromatic nitrogens is 2. The second kappa shape index (κ2) is 3.98. The van der Waals surface area contributed by atoms with E-state index in [-0.39, 0.29) is 10.7 Å². The average molecular weight is 237 g/mol. The second-order valence-electron chi connectivity index (χ2n) is 3.40. The maximum Gasteiger partial charge on any atom is 0.340 e. The number of hydrogen-bond acceptors (Lipinski definition) is 2. The van der Waals surface area contributed by atoms with Gasteiger partial charge in [0.15, 0.2) is 0 Å². The smallest absolute Gasteiger partial charge is 0.340 e. The van der Waals surface area contributed by atoms with E-state index < -0.39 is 5.97 Å². The molecule has 0 atom stereocenters. The standard InChI is InChI=1S/C11H9ClN2O2/c1-7-2-4-8(5-3-7)14-10(12)9(6-13-14)11(15)16/h2-6H,1H3,(H,15,16). The molecule has 5 heteroatoms. The van der Waals surface area contributed by atoms with Crippen LogP contribution in [0, 0.1) is 6.92 Å². The molecule has 0 amide bonds. The van der Waals surface area contributed by atoms with Crippen LogP contribution in [0.25, 0.3) is 5.69 Å². The number of carboxylic acid groups (broad SMARTS) is 1. The Labute approximate surface area is 97.1 Å². The molecule has 4 nitrogen and oxygen atoms in total. The fraction of sp³-hybridized carbons (Fsp3) is 0.0909. The minimum absolute atomic E-state index is 0.00208. The van der Waals surface area contributed by atoms with Gasteiger partial charge in [0.2, 0.25) is 0 Å². The molecule has 1 aromatic carbocycles. The van der Waals surface area contributed by atoms with E-state index in [4.69, 9.17) is 16.7 Å². The molecule has 0 saturated heterocycles. The van der Waals surface area contributed by atoms with Crippen LogP contribution in [0.15, 0.2) is 30.5 Å². The molecule has 16 heavy (non-hydrogen) atoms. The van der Waals surface area contributed by atoms with Gasteiger partial charge in [0, 0.05) is 0 Å². The molecule has 0 radical (unpaired) electrons. The molecule has 1 heterocycles. The van der Waals surface area contributed by atoms with Crippen LogP contribution < -0.4 is 0 Å². The monoisotopic (exact) mass is 236 g/mol. The summed E-state index contributed by atoms with van der Waals surface area (Å²) in [6.45, 7) is 1.97. The first-order valence-electron chi connectivity index (χ1n) is 4.63. The van der Waals surface area contributed by atoms with Crippen molar-refractivity contribution in [2.75, 3.05) is 0 Å². The summed E-state index contributed by atoms with van der Waals surface area (Å²) in [5, 5.41) is 12.9. The summed E-state index contributed by atoms with van der Waals surface area (Å²) < 4.78 is 1.39. The van der Waals surface area contributed by atoms with Crippen molar-refractivity contribution in [3.8, 4) is 5.69 Å². The number of rotatable bonds is 2. The lowest BCUT2D eigenvalue weighted by Gasteiger charge is -2.03. The minimum atomic E-state index is -1.08. The molecule has 0 aliphatic rings. The van der Waals surface area contributed by atoms with Gasteiger partial charge in [-0.25, -0.2) is 9.48 Å². The molecule has 82 valence electrons. The Bertz CT molecular complexity index is 531. The Morgan fingerprint density at radius 3 is 2.50 bits per heavy atom. The molecule has 2 rings (SSSR count). The van der Waals surface area contributed by atoms with E-state index in [0.29, 0.717) is 0 Å². The quantitative estimate of drug-likeness (QED) is 0.872. The number of halogens is 1. The van der Waals surface area contributed by atoms with Gasteiger partial charge in [0.1, 0.15) is 10.7 Å². The van der Waals surface area contributed by atoms with Gasteiger partial charge in [0.05, 0.1) is 11.9 Å². The van der Waals surface area contributed by atoms with E-state index in [9.17, 15) is 4.79 Å². The molecule has 0 fully saturated rings. The van der Waals surface area contributed by atoms with Crippen molar-refractivity contribution in [1.29, 1.82) is 0 Å². The number of benzene rings is 1.